The van der Waals surface area contributed by atoms with Crippen molar-refractivity contribution in [1.29, 1.82) is 0 Å². The van der Waals surface area contributed by atoms with E-state index in [1.165, 1.54) is 0 Å². The minimum Gasteiger partial charge on any atom is -0.422 e. The van der Waals surface area contributed by atoms with Crippen molar-refractivity contribution >= 4 is 22.6 Å². The van der Waals surface area contributed by atoms with Gasteiger partial charge in [0.05, 0.1) is 0 Å². The van der Waals surface area contributed by atoms with Crippen LogP contribution in [0, 0.1) is 13.8 Å². The average Bonchev–Trinajstić information content (AvgIpc) is 2.56. The summed E-state index contributed by atoms with van der Waals surface area (Å²) in [4.78, 5) is 11.9. The molecule has 1 unspecified atom stereocenters. The summed E-state index contributed by atoms with van der Waals surface area (Å²) in [5, 5.41) is 5.15. The van der Waals surface area contributed by atoms with Gasteiger partial charge in [0, 0.05) is 29.1 Å². The number of rotatable bonds is 4. The molecule has 3 rings (SSSR count). The first kappa shape index (κ1) is 16.7. The number of nitrogens with one attached hydrogen (secondary N) is 1. The zero-order chi connectivity index (χ0) is 17.3. The number of halogens is 1. The second kappa shape index (κ2) is 6.80. The van der Waals surface area contributed by atoms with Gasteiger partial charge in [-0.15, -0.1) is 0 Å². The molecule has 24 heavy (non-hydrogen) atoms. The molecule has 0 saturated carbocycles. The van der Waals surface area contributed by atoms with Crippen LogP contribution in [0.2, 0.25) is 5.02 Å². The third-order valence-electron chi connectivity index (χ3n) is 4.49. The van der Waals surface area contributed by atoms with Gasteiger partial charge in [0.1, 0.15) is 5.58 Å². The quantitative estimate of drug-likeness (QED) is 0.685. The maximum Gasteiger partial charge on any atom is 0.336 e. The Kier molecular flexibility index (Phi) is 4.74. The Hall–Kier alpha value is -2.10. The Morgan fingerprint density at radius 1 is 1.17 bits per heavy atom. The largest absolute Gasteiger partial charge is 0.422 e. The smallest absolute Gasteiger partial charge is 0.336 e. The zero-order valence-electron chi connectivity index (χ0n) is 14.0. The van der Waals surface area contributed by atoms with Gasteiger partial charge in [0.2, 0.25) is 0 Å². The summed E-state index contributed by atoms with van der Waals surface area (Å²) in [6.07, 6.45) is 0. The lowest BCUT2D eigenvalue weighted by Crippen LogP contribution is -2.19. The number of hydrogen-bond acceptors (Lipinski definition) is 3. The van der Waals surface area contributed by atoms with E-state index in [2.05, 4.69) is 18.3 Å². The molecule has 1 aromatic heterocycles. The average molecular weight is 342 g/mol. The molecule has 0 spiro atoms. The Morgan fingerprint density at radius 2 is 1.92 bits per heavy atom. The zero-order valence-corrected chi connectivity index (χ0v) is 14.8. The molecule has 0 radical (unpaired) electrons. The van der Waals surface area contributed by atoms with Crippen LogP contribution in [0.5, 0.6) is 0 Å². The van der Waals surface area contributed by atoms with E-state index in [1.807, 2.05) is 44.2 Å². The maximum absolute atomic E-state index is 11.9. The fourth-order valence-corrected chi connectivity index (χ4v) is 3.17. The lowest BCUT2D eigenvalue weighted by molar-refractivity contribution is 0.545. The van der Waals surface area contributed by atoms with Crippen LogP contribution in [0.15, 0.2) is 51.7 Å². The molecule has 0 aliphatic heterocycles. The summed E-state index contributed by atoms with van der Waals surface area (Å²) < 4.78 is 5.42. The van der Waals surface area contributed by atoms with Crippen molar-refractivity contribution in [3.63, 3.8) is 0 Å². The van der Waals surface area contributed by atoms with Gasteiger partial charge in [-0.3, -0.25) is 0 Å². The second-order valence-corrected chi connectivity index (χ2v) is 6.51. The van der Waals surface area contributed by atoms with Crippen molar-refractivity contribution in [3.8, 4) is 0 Å². The van der Waals surface area contributed by atoms with Gasteiger partial charge in [0.15, 0.2) is 0 Å². The number of benzene rings is 2. The highest BCUT2D eigenvalue weighted by Crippen LogP contribution is 2.25. The molecule has 0 amide bonds. The fourth-order valence-electron chi connectivity index (χ4n) is 2.87. The molecule has 124 valence electrons. The number of aryl methyl sites for hydroxylation is 2. The molecule has 0 fully saturated rings. The van der Waals surface area contributed by atoms with E-state index in [1.54, 1.807) is 6.07 Å². The van der Waals surface area contributed by atoms with Crippen LogP contribution in [-0.4, -0.2) is 0 Å². The molecule has 3 nitrogen and oxygen atoms in total. The fraction of sp³-hybridized carbons (Fsp3) is 0.250. The van der Waals surface area contributed by atoms with Crippen molar-refractivity contribution in [2.24, 2.45) is 0 Å². The summed E-state index contributed by atoms with van der Waals surface area (Å²) in [6.45, 7) is 6.62. The van der Waals surface area contributed by atoms with E-state index in [0.29, 0.717) is 12.1 Å². The Morgan fingerprint density at radius 3 is 2.67 bits per heavy atom. The van der Waals surface area contributed by atoms with Gasteiger partial charge < -0.3 is 9.73 Å². The number of hydrogen-bond donors (Lipinski definition) is 1. The minimum atomic E-state index is -0.321. The summed E-state index contributed by atoms with van der Waals surface area (Å²) >= 11 is 6.25. The first-order valence-electron chi connectivity index (χ1n) is 7.98. The molecule has 1 atom stereocenters. The first-order valence-corrected chi connectivity index (χ1v) is 8.36. The van der Waals surface area contributed by atoms with Crippen LogP contribution in [0.4, 0.5) is 0 Å². The maximum atomic E-state index is 11.9. The van der Waals surface area contributed by atoms with Crippen molar-refractivity contribution in [2.45, 2.75) is 33.4 Å². The van der Waals surface area contributed by atoms with E-state index >= 15 is 0 Å². The van der Waals surface area contributed by atoms with Crippen LogP contribution in [0.25, 0.3) is 11.0 Å². The lowest BCUT2D eigenvalue weighted by Gasteiger charge is -2.16. The molecule has 1 N–H and O–H groups in total. The molecule has 2 aromatic carbocycles. The van der Waals surface area contributed by atoms with Crippen molar-refractivity contribution in [2.75, 3.05) is 0 Å². The van der Waals surface area contributed by atoms with Gasteiger partial charge in [-0.05, 0) is 49.1 Å². The monoisotopic (exact) mass is 341 g/mol. The van der Waals surface area contributed by atoms with E-state index in [0.717, 1.165) is 32.7 Å². The summed E-state index contributed by atoms with van der Waals surface area (Å²) in [5.74, 6) is 0. The van der Waals surface area contributed by atoms with Gasteiger partial charge in [0.25, 0.3) is 0 Å². The highest BCUT2D eigenvalue weighted by atomic mass is 35.5. The van der Waals surface area contributed by atoms with Crippen molar-refractivity contribution in [3.05, 3.63) is 80.2 Å². The molecule has 0 aliphatic carbocycles. The molecular weight excluding hydrogens is 322 g/mol. The standard InChI is InChI=1S/C20H20ClNO2/c1-12-8-9-17-15(10-19(23)24-20(17)13(12)2)11-22-14(3)16-6-4-5-7-18(16)21/h4-10,14,22H,11H2,1-3H3. The normalized spacial score (nSPS) is 12.5. The highest BCUT2D eigenvalue weighted by molar-refractivity contribution is 6.31. The topological polar surface area (TPSA) is 42.2 Å². The molecule has 0 aliphatic rings. The molecule has 0 saturated heterocycles. The van der Waals surface area contributed by atoms with Gasteiger partial charge in [-0.25, -0.2) is 4.79 Å². The van der Waals surface area contributed by atoms with Crippen molar-refractivity contribution < 1.29 is 4.42 Å². The van der Waals surface area contributed by atoms with Gasteiger partial charge in [-0.2, -0.15) is 0 Å². The predicted molar refractivity (Wildman–Crippen MR) is 98.7 cm³/mol. The SMILES string of the molecule is Cc1ccc2c(CNC(C)c3ccccc3Cl)cc(=O)oc2c1C. The Bertz CT molecular complexity index is 946. The van der Waals surface area contributed by atoms with Crippen LogP contribution in [0.3, 0.4) is 0 Å². The molecule has 4 heteroatoms. The summed E-state index contributed by atoms with van der Waals surface area (Å²) in [6, 6.07) is 13.5. The van der Waals surface area contributed by atoms with Crippen LogP contribution in [0.1, 0.15) is 35.2 Å². The highest BCUT2D eigenvalue weighted by Gasteiger charge is 2.12. The Balaban J connectivity index is 1.92. The minimum absolute atomic E-state index is 0.0764. The van der Waals surface area contributed by atoms with Gasteiger partial charge in [-0.1, -0.05) is 41.9 Å². The van der Waals surface area contributed by atoms with Crippen molar-refractivity contribution in [1.82, 2.24) is 5.32 Å². The Labute approximate surface area is 146 Å². The second-order valence-electron chi connectivity index (χ2n) is 6.10. The first-order chi connectivity index (χ1) is 11.5. The molecule has 1 heterocycles. The van der Waals surface area contributed by atoms with E-state index in [-0.39, 0.29) is 11.7 Å². The molecule has 3 aromatic rings. The third-order valence-corrected chi connectivity index (χ3v) is 4.83. The van der Waals surface area contributed by atoms with E-state index < -0.39 is 0 Å². The molecule has 0 bridgehead atoms. The lowest BCUT2D eigenvalue weighted by atomic mass is 10.0. The van der Waals surface area contributed by atoms with Gasteiger partial charge >= 0.3 is 5.63 Å². The number of fused-ring (bicyclic) bond motifs is 1. The van der Waals surface area contributed by atoms with Crippen LogP contribution >= 0.6 is 11.6 Å². The predicted octanol–water partition coefficient (Wildman–Crippen LogP) is 4.91. The summed E-state index contributed by atoms with van der Waals surface area (Å²) in [7, 11) is 0. The van der Waals surface area contributed by atoms with E-state index in [9.17, 15) is 4.79 Å². The summed E-state index contributed by atoms with van der Waals surface area (Å²) in [5.41, 5.74) is 4.44. The third kappa shape index (κ3) is 3.23. The van der Waals surface area contributed by atoms with Crippen LogP contribution in [-0.2, 0) is 6.54 Å². The molecular formula is C20H20ClNO2. The van der Waals surface area contributed by atoms with E-state index in [4.69, 9.17) is 16.0 Å². The van der Waals surface area contributed by atoms with Crippen LogP contribution < -0.4 is 10.9 Å².